The van der Waals surface area contributed by atoms with Crippen LogP contribution in [0.1, 0.15) is 36.3 Å². The lowest BCUT2D eigenvalue weighted by Gasteiger charge is -2.16. The first kappa shape index (κ1) is 14.5. The van der Waals surface area contributed by atoms with Gasteiger partial charge in [-0.25, -0.2) is 4.39 Å². The molecule has 0 aliphatic heterocycles. The lowest BCUT2D eigenvalue weighted by molar-refractivity contribution is 0.197. The first-order chi connectivity index (χ1) is 9.58. The van der Waals surface area contributed by atoms with Crippen LogP contribution in [0.3, 0.4) is 0 Å². The highest BCUT2D eigenvalue weighted by Gasteiger charge is 2.23. The molecular formula is C15H19FN2O2. The van der Waals surface area contributed by atoms with Crippen LogP contribution in [0.5, 0.6) is 5.75 Å². The molecule has 2 rings (SSSR count). The number of aromatic nitrogens is 2. The predicted molar refractivity (Wildman–Crippen MR) is 74.3 cm³/mol. The van der Waals surface area contributed by atoms with E-state index < -0.39 is 11.9 Å². The highest BCUT2D eigenvalue weighted by Crippen LogP contribution is 2.31. The summed E-state index contributed by atoms with van der Waals surface area (Å²) in [6, 6.07) is 4.68. The number of aryl methyl sites for hydroxylation is 2. The molecule has 108 valence electrons. The van der Waals surface area contributed by atoms with Crippen molar-refractivity contribution < 1.29 is 14.2 Å². The number of ether oxygens (including phenoxy) is 1. The molecule has 2 aromatic rings. The van der Waals surface area contributed by atoms with Crippen LogP contribution in [0.4, 0.5) is 4.39 Å². The maximum atomic E-state index is 13.9. The highest BCUT2D eigenvalue weighted by molar-refractivity contribution is 5.37. The Hall–Kier alpha value is -1.88. The van der Waals surface area contributed by atoms with E-state index in [2.05, 4.69) is 5.10 Å². The standard InChI is InChI=1S/C15H19FN2O2/c1-4-7-18-14(13(20-3)9-17-18)15(19)11-8-10(2)5-6-12(11)16/h5-6,8-9,15,19H,4,7H2,1-3H3. The van der Waals surface area contributed by atoms with Crippen LogP contribution < -0.4 is 4.74 Å². The summed E-state index contributed by atoms with van der Waals surface area (Å²) in [6.07, 6.45) is 1.31. The Labute approximate surface area is 117 Å². The van der Waals surface area contributed by atoms with Crippen molar-refractivity contribution in [1.82, 2.24) is 9.78 Å². The minimum Gasteiger partial charge on any atom is -0.493 e. The van der Waals surface area contributed by atoms with E-state index in [1.807, 2.05) is 13.8 Å². The SMILES string of the molecule is CCCn1ncc(OC)c1C(O)c1cc(C)ccc1F. The van der Waals surface area contributed by atoms with Crippen molar-refractivity contribution in [3.63, 3.8) is 0 Å². The number of halogens is 1. The second-order valence-corrected chi connectivity index (χ2v) is 4.75. The van der Waals surface area contributed by atoms with Gasteiger partial charge in [0.05, 0.1) is 13.3 Å². The Bertz CT molecular complexity index is 596. The maximum absolute atomic E-state index is 13.9. The lowest BCUT2D eigenvalue weighted by atomic mass is 10.0. The summed E-state index contributed by atoms with van der Waals surface area (Å²) in [5.41, 5.74) is 1.61. The molecule has 1 heterocycles. The molecule has 0 radical (unpaired) electrons. The van der Waals surface area contributed by atoms with Crippen LogP contribution in [0, 0.1) is 12.7 Å². The number of hydrogen-bond donors (Lipinski definition) is 1. The molecule has 0 bridgehead atoms. The number of nitrogens with zero attached hydrogens (tertiary/aromatic N) is 2. The van der Waals surface area contributed by atoms with Crippen molar-refractivity contribution >= 4 is 0 Å². The third kappa shape index (κ3) is 2.67. The number of methoxy groups -OCH3 is 1. The lowest BCUT2D eigenvalue weighted by Crippen LogP contribution is -2.12. The third-order valence-corrected chi connectivity index (χ3v) is 3.21. The first-order valence-corrected chi connectivity index (χ1v) is 6.62. The van der Waals surface area contributed by atoms with Gasteiger partial charge in [-0.2, -0.15) is 5.10 Å². The van der Waals surface area contributed by atoms with Gasteiger partial charge in [0, 0.05) is 12.1 Å². The van der Waals surface area contributed by atoms with Crippen molar-refractivity contribution in [2.75, 3.05) is 7.11 Å². The largest absolute Gasteiger partial charge is 0.493 e. The summed E-state index contributed by atoms with van der Waals surface area (Å²) in [5, 5.41) is 14.7. The molecule has 4 nitrogen and oxygen atoms in total. The normalized spacial score (nSPS) is 12.4. The molecule has 20 heavy (non-hydrogen) atoms. The Morgan fingerprint density at radius 1 is 1.45 bits per heavy atom. The fourth-order valence-corrected chi connectivity index (χ4v) is 2.22. The van der Waals surface area contributed by atoms with Crippen molar-refractivity contribution in [1.29, 1.82) is 0 Å². The summed E-state index contributed by atoms with van der Waals surface area (Å²) in [5.74, 6) is 0.0289. The second kappa shape index (κ2) is 6.05. The van der Waals surface area contributed by atoms with E-state index in [0.29, 0.717) is 18.0 Å². The molecule has 0 spiro atoms. The van der Waals surface area contributed by atoms with Gasteiger partial charge in [0.15, 0.2) is 5.75 Å². The van der Waals surface area contributed by atoms with Gasteiger partial charge in [0.25, 0.3) is 0 Å². The summed E-state index contributed by atoms with van der Waals surface area (Å²) in [6.45, 7) is 4.51. The van der Waals surface area contributed by atoms with Gasteiger partial charge >= 0.3 is 0 Å². The molecule has 0 aliphatic carbocycles. The summed E-state index contributed by atoms with van der Waals surface area (Å²) >= 11 is 0. The minimum absolute atomic E-state index is 0.237. The van der Waals surface area contributed by atoms with Crippen LogP contribution in [-0.2, 0) is 6.54 Å². The fourth-order valence-electron chi connectivity index (χ4n) is 2.22. The monoisotopic (exact) mass is 278 g/mol. The van der Waals surface area contributed by atoms with E-state index in [1.165, 1.54) is 13.2 Å². The molecule has 1 N–H and O–H groups in total. The fraction of sp³-hybridized carbons (Fsp3) is 0.400. The Morgan fingerprint density at radius 2 is 2.20 bits per heavy atom. The smallest absolute Gasteiger partial charge is 0.163 e. The summed E-state index contributed by atoms with van der Waals surface area (Å²) < 4.78 is 20.8. The molecule has 0 aliphatic rings. The van der Waals surface area contributed by atoms with E-state index in [9.17, 15) is 9.50 Å². The van der Waals surface area contributed by atoms with Crippen LogP contribution in [-0.4, -0.2) is 22.0 Å². The van der Waals surface area contributed by atoms with Gasteiger partial charge < -0.3 is 9.84 Å². The van der Waals surface area contributed by atoms with Gasteiger partial charge in [-0.15, -0.1) is 0 Å². The van der Waals surface area contributed by atoms with Gasteiger partial charge in [0.1, 0.15) is 17.6 Å². The van der Waals surface area contributed by atoms with Crippen LogP contribution in [0.15, 0.2) is 24.4 Å². The number of aliphatic hydroxyl groups is 1. The van der Waals surface area contributed by atoms with Crippen LogP contribution >= 0.6 is 0 Å². The predicted octanol–water partition coefficient (Wildman–Crippen LogP) is 2.83. The van der Waals surface area contributed by atoms with Gasteiger partial charge in [-0.05, 0) is 19.4 Å². The van der Waals surface area contributed by atoms with Crippen molar-refractivity contribution in [2.45, 2.75) is 32.9 Å². The Morgan fingerprint density at radius 3 is 2.85 bits per heavy atom. The van der Waals surface area contributed by atoms with Crippen molar-refractivity contribution in [3.05, 3.63) is 47.0 Å². The molecule has 0 amide bonds. The average molecular weight is 278 g/mol. The topological polar surface area (TPSA) is 47.3 Å². The number of aliphatic hydroxyl groups excluding tert-OH is 1. The molecular weight excluding hydrogens is 259 g/mol. The molecule has 1 unspecified atom stereocenters. The highest BCUT2D eigenvalue weighted by atomic mass is 19.1. The molecule has 1 aromatic heterocycles. The molecule has 5 heteroatoms. The molecule has 0 saturated carbocycles. The second-order valence-electron chi connectivity index (χ2n) is 4.75. The van der Waals surface area contributed by atoms with Gasteiger partial charge in [-0.3, -0.25) is 4.68 Å². The van der Waals surface area contributed by atoms with E-state index in [4.69, 9.17) is 4.74 Å². The number of benzene rings is 1. The van der Waals surface area contributed by atoms with E-state index in [0.717, 1.165) is 12.0 Å². The Kier molecular flexibility index (Phi) is 4.39. The summed E-state index contributed by atoms with van der Waals surface area (Å²) in [4.78, 5) is 0. The summed E-state index contributed by atoms with van der Waals surface area (Å²) in [7, 11) is 1.51. The van der Waals surface area contributed by atoms with Crippen molar-refractivity contribution in [3.8, 4) is 5.75 Å². The first-order valence-electron chi connectivity index (χ1n) is 6.62. The van der Waals surface area contributed by atoms with Gasteiger partial charge in [0.2, 0.25) is 0 Å². The average Bonchev–Trinajstić information content (AvgIpc) is 2.84. The third-order valence-electron chi connectivity index (χ3n) is 3.21. The molecule has 0 saturated heterocycles. The van der Waals surface area contributed by atoms with Gasteiger partial charge in [-0.1, -0.05) is 24.6 Å². The maximum Gasteiger partial charge on any atom is 0.163 e. The minimum atomic E-state index is -1.10. The van der Waals surface area contributed by atoms with Crippen molar-refractivity contribution in [2.24, 2.45) is 0 Å². The quantitative estimate of drug-likeness (QED) is 0.915. The molecule has 1 atom stereocenters. The molecule has 1 aromatic carbocycles. The van der Waals surface area contributed by atoms with E-state index >= 15 is 0 Å². The van der Waals surface area contributed by atoms with E-state index in [-0.39, 0.29) is 5.56 Å². The zero-order valence-electron chi connectivity index (χ0n) is 11.9. The molecule has 0 fully saturated rings. The number of rotatable bonds is 5. The van der Waals surface area contributed by atoms with Crippen LogP contribution in [0.2, 0.25) is 0 Å². The van der Waals surface area contributed by atoms with E-state index in [1.54, 1.807) is 23.0 Å². The number of hydrogen-bond acceptors (Lipinski definition) is 3. The zero-order chi connectivity index (χ0) is 14.7. The zero-order valence-corrected chi connectivity index (χ0v) is 11.9. The van der Waals surface area contributed by atoms with Crippen LogP contribution in [0.25, 0.3) is 0 Å². The Balaban J connectivity index is 2.48.